The molecule has 1 heterocycles. The second-order valence-electron chi connectivity index (χ2n) is 4.26. The molecule has 1 N–H and O–H groups in total. The van der Waals surface area contributed by atoms with Crippen LogP contribution in [-0.4, -0.2) is 34.1 Å². The number of carbonyl (C=O) groups excluding carboxylic acids is 1. The minimum absolute atomic E-state index is 0.118. The van der Waals surface area contributed by atoms with Crippen LogP contribution in [0.1, 0.15) is 11.1 Å². The molecule has 0 aliphatic carbocycles. The second-order valence-corrected chi connectivity index (χ2v) is 4.26. The summed E-state index contributed by atoms with van der Waals surface area (Å²) in [7, 11) is 0. The third-order valence-corrected chi connectivity index (χ3v) is 3.04. The van der Waals surface area contributed by atoms with Gasteiger partial charge in [0.2, 0.25) is 0 Å². The highest BCUT2D eigenvalue weighted by molar-refractivity contribution is 5.87. The molecule has 0 saturated carbocycles. The third-order valence-electron chi connectivity index (χ3n) is 3.04. The Hall–Kier alpha value is -2.05. The molecule has 0 unspecified atom stereocenters. The van der Waals surface area contributed by atoms with Gasteiger partial charge in [0.15, 0.2) is 0 Å². The van der Waals surface area contributed by atoms with Crippen molar-refractivity contribution in [2.24, 2.45) is 0 Å². The number of hydrogen-bond acceptors (Lipinski definition) is 2. The zero-order valence-electron chi connectivity index (χ0n) is 9.65. The highest BCUT2D eigenvalue weighted by Crippen LogP contribution is 2.28. The van der Waals surface area contributed by atoms with Crippen LogP contribution in [0.3, 0.4) is 0 Å². The summed E-state index contributed by atoms with van der Waals surface area (Å²) in [6.07, 6.45) is -5.19. The van der Waals surface area contributed by atoms with Gasteiger partial charge in [0.1, 0.15) is 6.04 Å². The normalized spacial score (nSPS) is 18.9. The number of aliphatic carboxylic acids is 1. The number of carboxylic acids is 1. The van der Waals surface area contributed by atoms with Gasteiger partial charge in [0.25, 0.3) is 0 Å². The van der Waals surface area contributed by atoms with Crippen molar-refractivity contribution in [2.45, 2.75) is 25.2 Å². The maximum Gasteiger partial charge on any atom is 0.471 e. The minimum atomic E-state index is -5.07. The largest absolute Gasteiger partial charge is 0.480 e. The molecule has 0 aromatic heterocycles. The molecule has 1 aromatic carbocycles. The standard InChI is InChI=1S/C12H10F3NO3/c13-12(14,15)11(19)16-6-8-4-2-1-3-7(8)5-9(16)10(17)18/h1-4,9H,5-6H2,(H,17,18)/t9-/m0/s1. The number of fused-ring (bicyclic) bond motifs is 1. The highest BCUT2D eigenvalue weighted by Gasteiger charge is 2.47. The van der Waals surface area contributed by atoms with Crippen molar-refractivity contribution in [3.05, 3.63) is 35.4 Å². The maximum atomic E-state index is 12.5. The van der Waals surface area contributed by atoms with E-state index in [0.29, 0.717) is 16.0 Å². The number of alkyl halides is 3. The molecule has 102 valence electrons. The van der Waals surface area contributed by atoms with Crippen molar-refractivity contribution in [1.29, 1.82) is 0 Å². The average molecular weight is 273 g/mol. The molecule has 7 heteroatoms. The molecule has 1 aliphatic heterocycles. The molecular weight excluding hydrogens is 263 g/mol. The first kappa shape index (κ1) is 13.4. The van der Waals surface area contributed by atoms with E-state index in [1.165, 1.54) is 0 Å². The first-order valence-corrected chi connectivity index (χ1v) is 5.48. The Morgan fingerprint density at radius 2 is 1.79 bits per heavy atom. The Morgan fingerprint density at radius 3 is 2.32 bits per heavy atom. The van der Waals surface area contributed by atoms with Gasteiger partial charge in [-0.3, -0.25) is 4.79 Å². The molecule has 0 saturated heterocycles. The number of carbonyl (C=O) groups is 2. The molecular formula is C12H10F3NO3. The lowest BCUT2D eigenvalue weighted by atomic mass is 9.94. The molecule has 19 heavy (non-hydrogen) atoms. The Balaban J connectivity index is 2.37. The first-order chi connectivity index (χ1) is 8.80. The van der Waals surface area contributed by atoms with Crippen molar-refractivity contribution in [2.75, 3.05) is 0 Å². The summed E-state index contributed by atoms with van der Waals surface area (Å²) in [4.78, 5) is 22.7. The van der Waals surface area contributed by atoms with Gasteiger partial charge in [-0.15, -0.1) is 0 Å². The number of rotatable bonds is 1. The zero-order valence-corrected chi connectivity index (χ0v) is 9.65. The van der Waals surface area contributed by atoms with Crippen molar-refractivity contribution < 1.29 is 27.9 Å². The Labute approximate surface area is 106 Å². The van der Waals surface area contributed by atoms with E-state index in [-0.39, 0.29) is 13.0 Å². The van der Waals surface area contributed by atoms with E-state index in [1.807, 2.05) is 0 Å². The number of hydrogen-bond donors (Lipinski definition) is 1. The molecule has 1 aromatic rings. The summed E-state index contributed by atoms with van der Waals surface area (Å²) in [6, 6.07) is 5.07. The van der Waals surface area contributed by atoms with Gasteiger partial charge in [-0.2, -0.15) is 13.2 Å². The van der Waals surface area contributed by atoms with E-state index in [1.54, 1.807) is 24.3 Å². The smallest absolute Gasteiger partial charge is 0.471 e. The van der Waals surface area contributed by atoms with E-state index < -0.39 is 24.1 Å². The van der Waals surface area contributed by atoms with Gasteiger partial charge in [-0.25, -0.2) is 4.79 Å². The van der Waals surface area contributed by atoms with Crippen LogP contribution < -0.4 is 0 Å². The molecule has 0 fully saturated rings. The predicted octanol–water partition coefficient (Wildman–Crippen LogP) is 1.59. The first-order valence-electron chi connectivity index (χ1n) is 5.48. The van der Waals surface area contributed by atoms with Gasteiger partial charge >= 0.3 is 18.1 Å². The monoisotopic (exact) mass is 273 g/mol. The SMILES string of the molecule is O=C(O)[C@@H]1Cc2ccccc2CN1C(=O)C(F)(F)F. The lowest BCUT2D eigenvalue weighted by Gasteiger charge is -2.34. The van der Waals surface area contributed by atoms with Gasteiger partial charge in [-0.1, -0.05) is 24.3 Å². The molecule has 1 aliphatic rings. The van der Waals surface area contributed by atoms with Crippen LogP contribution in [0.2, 0.25) is 0 Å². The molecule has 0 radical (unpaired) electrons. The number of nitrogens with zero attached hydrogens (tertiary/aromatic N) is 1. The summed E-state index contributed by atoms with van der Waals surface area (Å²) >= 11 is 0. The van der Waals surface area contributed by atoms with Gasteiger partial charge < -0.3 is 10.0 Å². The van der Waals surface area contributed by atoms with E-state index in [9.17, 15) is 22.8 Å². The van der Waals surface area contributed by atoms with Crippen LogP contribution in [0.25, 0.3) is 0 Å². The second kappa shape index (κ2) is 4.56. The van der Waals surface area contributed by atoms with Gasteiger partial charge in [-0.05, 0) is 11.1 Å². The summed E-state index contributed by atoms with van der Waals surface area (Å²) in [5, 5.41) is 8.99. The fraction of sp³-hybridized carbons (Fsp3) is 0.333. The van der Waals surface area contributed by atoms with E-state index in [0.717, 1.165) is 0 Å². The van der Waals surface area contributed by atoms with Crippen LogP contribution in [0, 0.1) is 0 Å². The Kier molecular flexibility index (Phi) is 3.21. The lowest BCUT2D eigenvalue weighted by molar-refractivity contribution is -0.191. The Morgan fingerprint density at radius 1 is 1.21 bits per heavy atom. The third kappa shape index (κ3) is 2.54. The lowest BCUT2D eigenvalue weighted by Crippen LogP contribution is -2.52. The Bertz CT molecular complexity index is 527. The predicted molar refractivity (Wildman–Crippen MR) is 58.2 cm³/mol. The molecule has 0 spiro atoms. The summed E-state index contributed by atoms with van der Waals surface area (Å²) < 4.78 is 37.4. The van der Waals surface area contributed by atoms with Crippen LogP contribution in [-0.2, 0) is 22.6 Å². The van der Waals surface area contributed by atoms with Crippen molar-refractivity contribution in [3.63, 3.8) is 0 Å². The number of amides is 1. The topological polar surface area (TPSA) is 57.6 Å². The fourth-order valence-corrected chi connectivity index (χ4v) is 2.12. The highest BCUT2D eigenvalue weighted by atomic mass is 19.4. The summed E-state index contributed by atoms with van der Waals surface area (Å²) in [5.41, 5.74) is 1.19. The maximum absolute atomic E-state index is 12.5. The molecule has 4 nitrogen and oxygen atoms in total. The summed E-state index contributed by atoms with van der Waals surface area (Å²) in [5.74, 6) is -3.55. The average Bonchev–Trinajstić information content (AvgIpc) is 2.35. The number of benzene rings is 1. The van der Waals surface area contributed by atoms with E-state index in [2.05, 4.69) is 0 Å². The molecule has 2 rings (SSSR count). The van der Waals surface area contributed by atoms with Crippen LogP contribution in [0.5, 0.6) is 0 Å². The quantitative estimate of drug-likeness (QED) is 0.845. The van der Waals surface area contributed by atoms with Crippen molar-refractivity contribution in [3.8, 4) is 0 Å². The number of carboxylic acid groups (broad SMARTS) is 1. The van der Waals surface area contributed by atoms with Crippen LogP contribution in [0.4, 0.5) is 13.2 Å². The van der Waals surface area contributed by atoms with Crippen LogP contribution >= 0.6 is 0 Å². The van der Waals surface area contributed by atoms with Crippen molar-refractivity contribution >= 4 is 11.9 Å². The van der Waals surface area contributed by atoms with Crippen molar-refractivity contribution in [1.82, 2.24) is 4.90 Å². The van der Waals surface area contributed by atoms with E-state index >= 15 is 0 Å². The van der Waals surface area contributed by atoms with Gasteiger partial charge in [0, 0.05) is 13.0 Å². The van der Waals surface area contributed by atoms with E-state index in [4.69, 9.17) is 5.11 Å². The molecule has 1 atom stereocenters. The molecule has 0 bridgehead atoms. The minimum Gasteiger partial charge on any atom is -0.480 e. The van der Waals surface area contributed by atoms with Gasteiger partial charge in [0.05, 0.1) is 0 Å². The molecule has 1 amide bonds. The summed E-state index contributed by atoms with van der Waals surface area (Å²) in [6.45, 7) is -0.342. The number of halogens is 3. The fourth-order valence-electron chi connectivity index (χ4n) is 2.12. The van der Waals surface area contributed by atoms with Crippen LogP contribution in [0.15, 0.2) is 24.3 Å². The zero-order chi connectivity index (χ0) is 14.2.